The number of nitrogens with one attached hydrogen (secondary N) is 2. The van der Waals surface area contributed by atoms with Gasteiger partial charge in [-0.15, -0.1) is 0 Å². The van der Waals surface area contributed by atoms with Crippen LogP contribution in [-0.2, 0) is 6.42 Å². The lowest BCUT2D eigenvalue weighted by Crippen LogP contribution is -2.28. The fourth-order valence-corrected chi connectivity index (χ4v) is 4.33. The third-order valence-corrected chi connectivity index (χ3v) is 5.99. The van der Waals surface area contributed by atoms with E-state index in [0.717, 1.165) is 41.6 Å². The van der Waals surface area contributed by atoms with Crippen LogP contribution in [0.4, 0.5) is 18.9 Å². The number of aromatic carboxylic acids is 1. The summed E-state index contributed by atoms with van der Waals surface area (Å²) in [5.41, 5.74) is 5.68. The summed E-state index contributed by atoms with van der Waals surface area (Å²) in [6.07, 6.45) is 0.409. The number of anilines is 1. The summed E-state index contributed by atoms with van der Waals surface area (Å²) < 4.78 is 42.2. The third-order valence-electron chi connectivity index (χ3n) is 5.99. The van der Waals surface area contributed by atoms with Crippen LogP contribution in [0.15, 0.2) is 54.9 Å². The molecule has 4 rings (SSSR count). The highest BCUT2D eigenvalue weighted by atomic mass is 19.4. The fraction of sp³-hybridized carbons (Fsp3) is 0.308. The molecule has 0 bridgehead atoms. The molecule has 0 spiro atoms. The van der Waals surface area contributed by atoms with E-state index < -0.39 is 18.8 Å². The minimum atomic E-state index is -4.38. The van der Waals surface area contributed by atoms with E-state index in [0.29, 0.717) is 12.2 Å². The normalized spacial score (nSPS) is 15.7. The number of rotatable bonds is 7. The van der Waals surface area contributed by atoms with Crippen molar-refractivity contribution >= 4 is 11.7 Å². The van der Waals surface area contributed by atoms with Gasteiger partial charge in [-0.05, 0) is 72.3 Å². The van der Waals surface area contributed by atoms with Gasteiger partial charge in [-0.1, -0.05) is 24.3 Å². The van der Waals surface area contributed by atoms with Crippen LogP contribution in [0.25, 0.3) is 11.1 Å². The van der Waals surface area contributed by atoms with Crippen molar-refractivity contribution in [3.8, 4) is 16.9 Å². The zero-order valence-corrected chi connectivity index (χ0v) is 19.2. The molecule has 0 amide bonds. The molecule has 2 heterocycles. The number of aryl methyl sites for hydroxylation is 2. The smallest absolute Gasteiger partial charge is 0.422 e. The quantitative estimate of drug-likeness (QED) is 0.417. The molecule has 3 aromatic rings. The highest BCUT2D eigenvalue weighted by Crippen LogP contribution is 2.32. The van der Waals surface area contributed by atoms with Crippen molar-refractivity contribution in [1.29, 1.82) is 0 Å². The minimum Gasteiger partial charge on any atom is -0.484 e. The predicted molar refractivity (Wildman–Crippen MR) is 127 cm³/mol. The Morgan fingerprint density at radius 3 is 2.80 bits per heavy atom. The maximum Gasteiger partial charge on any atom is 0.422 e. The Morgan fingerprint density at radius 2 is 2.06 bits per heavy atom. The molecular formula is C26H26F3N3O3. The first-order valence-electron chi connectivity index (χ1n) is 11.3. The van der Waals surface area contributed by atoms with Crippen molar-refractivity contribution in [2.75, 3.05) is 25.0 Å². The van der Waals surface area contributed by atoms with E-state index in [-0.39, 0.29) is 17.4 Å². The lowest BCUT2D eigenvalue weighted by Gasteiger charge is -2.21. The molecule has 1 aliphatic heterocycles. The van der Waals surface area contributed by atoms with Gasteiger partial charge in [0.15, 0.2) is 6.61 Å². The third kappa shape index (κ3) is 6.10. The Bertz CT molecular complexity index is 1210. The number of hydrogen-bond donors (Lipinski definition) is 3. The molecule has 0 radical (unpaired) electrons. The number of halogens is 3. The summed E-state index contributed by atoms with van der Waals surface area (Å²) >= 11 is 0. The Balaban J connectivity index is 1.54. The predicted octanol–water partition coefficient (Wildman–Crippen LogP) is 5.39. The summed E-state index contributed by atoms with van der Waals surface area (Å²) in [4.78, 5) is 15.5. The van der Waals surface area contributed by atoms with Crippen LogP contribution < -0.4 is 15.4 Å². The molecule has 9 heteroatoms. The minimum absolute atomic E-state index is 0.0253. The van der Waals surface area contributed by atoms with Crippen molar-refractivity contribution in [3.05, 3.63) is 77.1 Å². The van der Waals surface area contributed by atoms with Crippen molar-refractivity contribution in [1.82, 2.24) is 10.3 Å². The number of ether oxygens (including phenoxy) is 1. The number of aromatic nitrogens is 1. The van der Waals surface area contributed by atoms with E-state index in [1.54, 1.807) is 18.2 Å². The second kappa shape index (κ2) is 10.4. The Hall–Kier alpha value is -3.59. The monoisotopic (exact) mass is 485 g/mol. The van der Waals surface area contributed by atoms with Crippen LogP contribution in [0.1, 0.15) is 39.5 Å². The summed E-state index contributed by atoms with van der Waals surface area (Å²) in [5, 5.41) is 16.1. The van der Waals surface area contributed by atoms with Gasteiger partial charge in [0.05, 0.1) is 17.4 Å². The number of hydrogen-bond acceptors (Lipinski definition) is 5. The van der Waals surface area contributed by atoms with Crippen molar-refractivity contribution in [2.45, 2.75) is 32.0 Å². The van der Waals surface area contributed by atoms with Gasteiger partial charge >= 0.3 is 12.1 Å². The number of carbonyl (C=O) groups is 1. The van der Waals surface area contributed by atoms with E-state index in [4.69, 9.17) is 4.74 Å². The van der Waals surface area contributed by atoms with E-state index in [1.165, 1.54) is 24.0 Å². The molecule has 1 aromatic heterocycles. The van der Waals surface area contributed by atoms with E-state index in [9.17, 15) is 23.1 Å². The summed E-state index contributed by atoms with van der Waals surface area (Å²) in [7, 11) is 0. The van der Waals surface area contributed by atoms with Gasteiger partial charge in [0, 0.05) is 18.8 Å². The molecule has 1 unspecified atom stereocenters. The molecule has 0 fully saturated rings. The van der Waals surface area contributed by atoms with Crippen LogP contribution in [0.5, 0.6) is 5.75 Å². The molecule has 6 nitrogen and oxygen atoms in total. The highest BCUT2D eigenvalue weighted by Gasteiger charge is 2.28. The standard InChI is InChI=1S/C26H26F3N3O3/c1-16-11-19(35-15-26(27,28)29)5-7-20(16)18-4-6-21-17(12-18)3-2-9-31-24(21)14-32-23-13-30-10-8-22(23)25(33)34/h4-8,10-13,24,31-32H,2-3,9,14-15H2,1H3,(H,33,34). The first kappa shape index (κ1) is 24.5. The number of alkyl halides is 3. The molecule has 0 saturated heterocycles. The van der Waals surface area contributed by atoms with Crippen LogP contribution in [0, 0.1) is 6.92 Å². The molecular weight excluding hydrogens is 459 g/mol. The van der Waals surface area contributed by atoms with Gasteiger partial charge in [0.2, 0.25) is 0 Å². The topological polar surface area (TPSA) is 83.5 Å². The number of nitrogens with zero attached hydrogens (tertiary/aromatic N) is 1. The summed E-state index contributed by atoms with van der Waals surface area (Å²) in [6, 6.07) is 12.6. The molecule has 184 valence electrons. The summed E-state index contributed by atoms with van der Waals surface area (Å²) in [5.74, 6) is -0.830. The lowest BCUT2D eigenvalue weighted by atomic mass is 9.92. The first-order valence-corrected chi connectivity index (χ1v) is 11.3. The maximum absolute atomic E-state index is 12.5. The molecule has 3 N–H and O–H groups in total. The van der Waals surface area contributed by atoms with Gasteiger partial charge in [0.25, 0.3) is 0 Å². The Kier molecular flexibility index (Phi) is 7.25. The number of benzene rings is 2. The van der Waals surface area contributed by atoms with Crippen molar-refractivity contribution in [2.24, 2.45) is 0 Å². The second-order valence-corrected chi connectivity index (χ2v) is 8.51. The van der Waals surface area contributed by atoms with Crippen LogP contribution in [0.2, 0.25) is 0 Å². The first-order chi connectivity index (χ1) is 16.7. The van der Waals surface area contributed by atoms with E-state index in [2.05, 4.69) is 27.8 Å². The summed E-state index contributed by atoms with van der Waals surface area (Å²) in [6.45, 7) is 1.84. The maximum atomic E-state index is 12.5. The molecule has 0 aliphatic carbocycles. The van der Waals surface area contributed by atoms with E-state index in [1.807, 2.05) is 13.0 Å². The molecule has 35 heavy (non-hydrogen) atoms. The van der Waals surface area contributed by atoms with Crippen LogP contribution in [0.3, 0.4) is 0 Å². The zero-order chi connectivity index (χ0) is 25.0. The number of fused-ring (bicyclic) bond motifs is 1. The zero-order valence-electron chi connectivity index (χ0n) is 19.2. The molecule has 0 saturated carbocycles. The molecule has 1 atom stereocenters. The number of pyridine rings is 1. The van der Waals surface area contributed by atoms with Gasteiger partial charge in [-0.3, -0.25) is 4.98 Å². The van der Waals surface area contributed by atoms with Gasteiger partial charge in [-0.25, -0.2) is 4.79 Å². The Morgan fingerprint density at radius 1 is 1.23 bits per heavy atom. The van der Waals surface area contributed by atoms with Crippen LogP contribution in [-0.4, -0.2) is 41.9 Å². The largest absolute Gasteiger partial charge is 0.484 e. The highest BCUT2D eigenvalue weighted by molar-refractivity contribution is 5.93. The van der Waals surface area contributed by atoms with E-state index >= 15 is 0 Å². The lowest BCUT2D eigenvalue weighted by molar-refractivity contribution is -0.153. The van der Waals surface area contributed by atoms with Crippen molar-refractivity contribution < 1.29 is 27.8 Å². The number of carboxylic acid groups (broad SMARTS) is 1. The number of carboxylic acids is 1. The second-order valence-electron chi connectivity index (χ2n) is 8.51. The van der Waals surface area contributed by atoms with Gasteiger partial charge < -0.3 is 20.5 Å². The average Bonchev–Trinajstić information content (AvgIpc) is 3.02. The average molecular weight is 486 g/mol. The fourth-order valence-electron chi connectivity index (χ4n) is 4.33. The molecule has 1 aliphatic rings. The van der Waals surface area contributed by atoms with Crippen LogP contribution >= 0.6 is 0 Å². The van der Waals surface area contributed by atoms with Crippen molar-refractivity contribution in [3.63, 3.8) is 0 Å². The van der Waals surface area contributed by atoms with Gasteiger partial charge in [0.1, 0.15) is 5.75 Å². The molecule has 2 aromatic carbocycles. The SMILES string of the molecule is Cc1cc(OCC(F)(F)F)ccc1-c1ccc2c(c1)CCCNC2CNc1cnccc1C(=O)O. The van der Waals surface area contributed by atoms with Gasteiger partial charge in [-0.2, -0.15) is 13.2 Å². The Labute approximate surface area is 201 Å².